The fourth-order valence-corrected chi connectivity index (χ4v) is 2.35. The van der Waals surface area contributed by atoms with E-state index in [0.29, 0.717) is 12.3 Å². The molecule has 26 heavy (non-hydrogen) atoms. The van der Waals surface area contributed by atoms with Crippen LogP contribution in [0, 0.1) is 0 Å². The maximum Gasteiger partial charge on any atom is 0.207 e. The molecule has 0 radical (unpaired) electrons. The number of ether oxygens (including phenoxy) is 4. The zero-order valence-corrected chi connectivity index (χ0v) is 15.9. The standard InChI is InChI=1S/C20H25N2O4/c1-6-22(14-16-8-10-18(24-3)12-20(16)26-5)21-13-15-7-9-17(23-2)11-19(15)25-4/h7-14H,6H2,1-5H3/q+1. The van der Waals surface area contributed by atoms with Gasteiger partial charge in [-0.1, -0.05) is 4.68 Å². The fraction of sp³-hybridized carbons (Fsp3) is 0.300. The molecule has 0 fully saturated rings. The number of hydrogen-bond acceptors (Lipinski definition) is 5. The van der Waals surface area contributed by atoms with Gasteiger partial charge < -0.3 is 18.9 Å². The molecule has 0 aromatic heterocycles. The van der Waals surface area contributed by atoms with E-state index in [1.165, 1.54) is 0 Å². The molecule has 0 atom stereocenters. The predicted molar refractivity (Wildman–Crippen MR) is 103 cm³/mol. The van der Waals surface area contributed by atoms with Crippen molar-refractivity contribution in [1.29, 1.82) is 0 Å². The molecular formula is C20H25N2O4+. The zero-order chi connectivity index (χ0) is 18.9. The van der Waals surface area contributed by atoms with Crippen molar-refractivity contribution >= 4 is 12.4 Å². The Hall–Kier alpha value is -3.02. The molecule has 0 spiro atoms. The monoisotopic (exact) mass is 357 g/mol. The maximum atomic E-state index is 5.43. The van der Waals surface area contributed by atoms with Crippen molar-refractivity contribution < 1.29 is 23.6 Å². The number of benzene rings is 2. The third-order valence-corrected chi connectivity index (χ3v) is 3.84. The van der Waals surface area contributed by atoms with Crippen LogP contribution in [0.25, 0.3) is 0 Å². The molecule has 0 saturated heterocycles. The van der Waals surface area contributed by atoms with Crippen molar-refractivity contribution in [3.8, 4) is 23.0 Å². The maximum absolute atomic E-state index is 5.43. The summed E-state index contributed by atoms with van der Waals surface area (Å²) < 4.78 is 23.1. The molecule has 2 aromatic rings. The van der Waals surface area contributed by atoms with Crippen LogP contribution in [0.3, 0.4) is 0 Å². The van der Waals surface area contributed by atoms with Gasteiger partial charge in [0.2, 0.25) is 6.21 Å². The van der Waals surface area contributed by atoms with Crippen molar-refractivity contribution in [2.24, 2.45) is 5.10 Å². The van der Waals surface area contributed by atoms with E-state index in [-0.39, 0.29) is 0 Å². The highest BCUT2D eigenvalue weighted by molar-refractivity contribution is 5.84. The second-order valence-electron chi connectivity index (χ2n) is 5.35. The highest BCUT2D eigenvalue weighted by Crippen LogP contribution is 2.24. The van der Waals surface area contributed by atoms with Crippen LogP contribution in [-0.4, -0.2) is 52.1 Å². The van der Waals surface area contributed by atoms with E-state index in [9.17, 15) is 0 Å². The Bertz CT molecular complexity index is 800. The lowest BCUT2D eigenvalue weighted by molar-refractivity contribution is -0.524. The van der Waals surface area contributed by atoms with Gasteiger partial charge in [-0.05, 0) is 36.3 Å². The normalized spacial score (nSPS) is 11.5. The van der Waals surface area contributed by atoms with Gasteiger partial charge in [-0.25, -0.2) is 0 Å². The lowest BCUT2D eigenvalue weighted by Crippen LogP contribution is -2.08. The number of methoxy groups -OCH3 is 4. The van der Waals surface area contributed by atoms with E-state index in [1.807, 2.05) is 54.2 Å². The minimum absolute atomic E-state index is 0.699. The molecule has 138 valence electrons. The first-order valence-corrected chi connectivity index (χ1v) is 8.24. The second kappa shape index (κ2) is 9.46. The molecule has 0 bridgehead atoms. The van der Waals surface area contributed by atoms with Gasteiger partial charge in [0.15, 0.2) is 6.54 Å². The molecule has 0 aliphatic heterocycles. The lowest BCUT2D eigenvalue weighted by Gasteiger charge is -2.06. The summed E-state index contributed by atoms with van der Waals surface area (Å²) in [5, 5.41) is 4.53. The number of hydrazone groups is 1. The second-order valence-corrected chi connectivity index (χ2v) is 5.35. The van der Waals surface area contributed by atoms with Gasteiger partial charge in [0, 0.05) is 17.7 Å². The summed E-state index contributed by atoms with van der Waals surface area (Å²) in [6.07, 6.45) is 3.68. The van der Waals surface area contributed by atoms with E-state index in [2.05, 4.69) is 5.10 Å². The summed E-state index contributed by atoms with van der Waals surface area (Å²) >= 11 is 0. The Balaban J connectivity index is 2.32. The van der Waals surface area contributed by atoms with Gasteiger partial charge >= 0.3 is 0 Å². The van der Waals surface area contributed by atoms with Crippen LogP contribution in [0.5, 0.6) is 23.0 Å². The molecule has 6 heteroatoms. The average molecular weight is 357 g/mol. The summed E-state index contributed by atoms with van der Waals surface area (Å²) in [6, 6.07) is 11.3. The minimum Gasteiger partial charge on any atom is -0.497 e. The Morgan fingerprint density at radius 2 is 1.35 bits per heavy atom. The fourth-order valence-electron chi connectivity index (χ4n) is 2.35. The third kappa shape index (κ3) is 4.75. The Morgan fingerprint density at radius 1 is 0.808 bits per heavy atom. The lowest BCUT2D eigenvalue weighted by atomic mass is 10.2. The van der Waals surface area contributed by atoms with Crippen molar-refractivity contribution in [3.63, 3.8) is 0 Å². The van der Waals surface area contributed by atoms with Gasteiger partial charge in [0.1, 0.15) is 29.2 Å². The van der Waals surface area contributed by atoms with E-state index < -0.39 is 0 Å². The highest BCUT2D eigenvalue weighted by Gasteiger charge is 2.09. The van der Waals surface area contributed by atoms with Crippen LogP contribution in [0.1, 0.15) is 18.1 Å². The van der Waals surface area contributed by atoms with Crippen molar-refractivity contribution in [2.75, 3.05) is 35.0 Å². The first kappa shape index (κ1) is 19.3. The Kier molecular flexibility index (Phi) is 7.02. The van der Waals surface area contributed by atoms with Crippen LogP contribution in [0.15, 0.2) is 41.5 Å². The number of hydrogen-bond donors (Lipinski definition) is 0. The van der Waals surface area contributed by atoms with Crippen molar-refractivity contribution in [2.45, 2.75) is 6.92 Å². The minimum atomic E-state index is 0.699. The van der Waals surface area contributed by atoms with Crippen LogP contribution < -0.4 is 18.9 Å². The van der Waals surface area contributed by atoms with Crippen LogP contribution in [0.4, 0.5) is 0 Å². The van der Waals surface area contributed by atoms with Gasteiger partial charge in [-0.15, -0.1) is 0 Å². The topological polar surface area (TPSA) is 52.3 Å². The highest BCUT2D eigenvalue weighted by atomic mass is 16.5. The van der Waals surface area contributed by atoms with Crippen molar-refractivity contribution in [3.05, 3.63) is 47.5 Å². The molecule has 0 N–H and O–H groups in total. The quantitative estimate of drug-likeness (QED) is 0.414. The Labute approximate surface area is 154 Å². The van der Waals surface area contributed by atoms with E-state index >= 15 is 0 Å². The van der Waals surface area contributed by atoms with E-state index in [0.717, 1.165) is 28.4 Å². The Morgan fingerprint density at radius 3 is 1.85 bits per heavy atom. The van der Waals surface area contributed by atoms with E-state index in [1.54, 1.807) is 34.7 Å². The van der Waals surface area contributed by atoms with Crippen LogP contribution in [-0.2, 0) is 0 Å². The molecule has 0 aliphatic carbocycles. The summed E-state index contributed by atoms with van der Waals surface area (Å²) in [6.45, 7) is 2.72. The smallest absolute Gasteiger partial charge is 0.207 e. The van der Waals surface area contributed by atoms with Crippen molar-refractivity contribution in [1.82, 2.24) is 0 Å². The summed E-state index contributed by atoms with van der Waals surface area (Å²) in [7, 11) is 6.51. The molecule has 0 saturated carbocycles. The molecule has 0 amide bonds. The van der Waals surface area contributed by atoms with Gasteiger partial charge in [0.05, 0.1) is 34.0 Å². The largest absolute Gasteiger partial charge is 0.497 e. The van der Waals surface area contributed by atoms with Gasteiger partial charge in [-0.2, -0.15) is 0 Å². The summed E-state index contributed by atoms with van der Waals surface area (Å²) in [5.41, 5.74) is 1.77. The first-order valence-electron chi connectivity index (χ1n) is 8.24. The van der Waals surface area contributed by atoms with Gasteiger partial charge in [0.25, 0.3) is 0 Å². The van der Waals surface area contributed by atoms with Crippen LogP contribution >= 0.6 is 0 Å². The molecule has 0 heterocycles. The number of rotatable bonds is 8. The number of nitrogens with zero attached hydrogens (tertiary/aromatic N) is 2. The SMILES string of the molecule is CC[N+](=Cc1ccc(OC)cc1OC)N=Cc1ccc(OC)cc1OC. The predicted octanol–water partition coefficient (Wildman–Crippen LogP) is 3.21. The molecule has 0 unspecified atom stereocenters. The molecule has 0 aliphatic rings. The molecule has 2 rings (SSSR count). The average Bonchev–Trinajstić information content (AvgIpc) is 2.70. The molecule has 2 aromatic carbocycles. The molecular weight excluding hydrogens is 332 g/mol. The summed E-state index contributed by atoms with van der Waals surface area (Å²) in [4.78, 5) is 0. The van der Waals surface area contributed by atoms with Gasteiger partial charge in [-0.3, -0.25) is 0 Å². The summed E-state index contributed by atoms with van der Waals surface area (Å²) in [5.74, 6) is 2.90. The molecule has 6 nitrogen and oxygen atoms in total. The third-order valence-electron chi connectivity index (χ3n) is 3.84. The van der Waals surface area contributed by atoms with Crippen LogP contribution in [0.2, 0.25) is 0 Å². The first-order chi connectivity index (χ1) is 12.6. The zero-order valence-electron chi connectivity index (χ0n) is 15.9. The van der Waals surface area contributed by atoms with E-state index in [4.69, 9.17) is 18.9 Å².